The molecule has 46 heavy (non-hydrogen) atoms. The molecule has 4 aromatic carbocycles. The summed E-state index contributed by atoms with van der Waals surface area (Å²) >= 11 is 0. The van der Waals surface area contributed by atoms with Crippen LogP contribution in [-0.2, 0) is 9.53 Å². The van der Waals surface area contributed by atoms with E-state index in [2.05, 4.69) is 49.4 Å². The summed E-state index contributed by atoms with van der Waals surface area (Å²) in [5.41, 5.74) is 6.45. The highest BCUT2D eigenvalue weighted by Gasteiger charge is 2.21. The lowest BCUT2D eigenvalue weighted by molar-refractivity contribution is -0.148. The van der Waals surface area contributed by atoms with E-state index in [0.717, 1.165) is 39.8 Å². The number of nitrogens with zero attached hydrogens (tertiary/aromatic N) is 3. The van der Waals surface area contributed by atoms with Crippen LogP contribution in [0.4, 0.5) is 0 Å². The second kappa shape index (κ2) is 14.9. The largest absolute Gasteiger partial charge is 0.507 e. The van der Waals surface area contributed by atoms with Gasteiger partial charge >= 0.3 is 5.97 Å². The number of carbonyl (C=O) groups excluding carboxylic acids is 1. The van der Waals surface area contributed by atoms with E-state index in [-0.39, 0.29) is 5.75 Å². The fourth-order valence-corrected chi connectivity index (χ4v) is 4.98. The van der Waals surface area contributed by atoms with E-state index >= 15 is 0 Å². The Morgan fingerprint density at radius 3 is 1.93 bits per heavy atom. The summed E-state index contributed by atoms with van der Waals surface area (Å²) < 4.78 is 10.6. The number of methoxy groups -OCH3 is 1. The van der Waals surface area contributed by atoms with Crippen molar-refractivity contribution in [2.75, 3.05) is 7.11 Å². The Bertz CT molecular complexity index is 1850. The maximum atomic E-state index is 12.0. The van der Waals surface area contributed by atoms with Crippen LogP contribution in [0.15, 0.2) is 115 Å². The minimum Gasteiger partial charge on any atom is -0.507 e. The first kappa shape index (κ1) is 31.9. The zero-order valence-electron chi connectivity index (χ0n) is 26.5. The van der Waals surface area contributed by atoms with Crippen molar-refractivity contribution in [3.05, 3.63) is 121 Å². The average Bonchev–Trinajstić information content (AvgIpc) is 3.11. The smallest absolute Gasteiger partial charge is 0.347 e. The molecule has 1 unspecified atom stereocenters. The van der Waals surface area contributed by atoms with Gasteiger partial charge in [0.15, 0.2) is 23.6 Å². The van der Waals surface area contributed by atoms with Gasteiger partial charge in [-0.05, 0) is 54.2 Å². The topological polar surface area (TPSA) is 94.4 Å². The zero-order chi connectivity index (χ0) is 32.5. The lowest BCUT2D eigenvalue weighted by Crippen LogP contribution is -2.27. The lowest BCUT2D eigenvalue weighted by Gasteiger charge is -2.16. The highest BCUT2D eigenvalue weighted by Crippen LogP contribution is 2.34. The first-order chi connectivity index (χ1) is 22.4. The van der Waals surface area contributed by atoms with Crippen LogP contribution in [0.5, 0.6) is 11.5 Å². The van der Waals surface area contributed by atoms with Crippen LogP contribution < -0.4 is 4.74 Å². The molecule has 0 aliphatic carbocycles. The highest BCUT2D eigenvalue weighted by molar-refractivity contribution is 5.77. The number of esters is 1. The summed E-state index contributed by atoms with van der Waals surface area (Å²) in [6, 6.07) is 31.1. The quantitative estimate of drug-likeness (QED) is 0.118. The molecule has 232 valence electrons. The summed E-state index contributed by atoms with van der Waals surface area (Å²) in [6.45, 7) is 5.96. The van der Waals surface area contributed by atoms with Crippen molar-refractivity contribution in [1.29, 1.82) is 0 Å². The maximum Gasteiger partial charge on any atom is 0.347 e. The van der Waals surface area contributed by atoms with Crippen molar-refractivity contribution in [3.8, 4) is 56.8 Å². The van der Waals surface area contributed by atoms with Crippen LogP contribution in [-0.4, -0.2) is 39.2 Å². The molecule has 7 nitrogen and oxygen atoms in total. The predicted molar refractivity (Wildman–Crippen MR) is 183 cm³/mol. The molecule has 1 N–H and O–H groups in total. The molecule has 0 fully saturated rings. The van der Waals surface area contributed by atoms with Crippen molar-refractivity contribution in [1.82, 2.24) is 15.0 Å². The molecular weight excluding hydrogens is 574 g/mol. The molecule has 0 spiro atoms. The third kappa shape index (κ3) is 7.38. The number of benzene rings is 4. The normalized spacial score (nSPS) is 12.2. The minimum atomic E-state index is -0.784. The van der Waals surface area contributed by atoms with Gasteiger partial charge in [-0.15, -0.1) is 0 Å². The van der Waals surface area contributed by atoms with Crippen LogP contribution in [0.25, 0.3) is 50.9 Å². The number of hydrogen-bond acceptors (Lipinski definition) is 7. The van der Waals surface area contributed by atoms with Gasteiger partial charge in [-0.25, -0.2) is 19.7 Å². The SMILES string of the molecule is C/C=C(\C=C/CC)c1ccc(-c2nc(-c3ccc(-c4ccccc4)cc3)nc(-c3ccc(OC(CC)C(=O)OC)cc3O)n2)cc1. The van der Waals surface area contributed by atoms with Gasteiger partial charge in [0.2, 0.25) is 0 Å². The molecule has 1 heterocycles. The van der Waals surface area contributed by atoms with Gasteiger partial charge in [0.1, 0.15) is 11.5 Å². The molecule has 5 aromatic rings. The summed E-state index contributed by atoms with van der Waals surface area (Å²) in [7, 11) is 1.32. The van der Waals surface area contributed by atoms with Gasteiger partial charge in [-0.2, -0.15) is 0 Å². The number of aromatic hydroxyl groups is 1. The van der Waals surface area contributed by atoms with Gasteiger partial charge in [0.25, 0.3) is 0 Å². The fourth-order valence-electron chi connectivity index (χ4n) is 4.98. The molecule has 0 radical (unpaired) electrons. The van der Waals surface area contributed by atoms with Crippen LogP contribution in [0, 0.1) is 0 Å². The monoisotopic (exact) mass is 611 g/mol. The van der Waals surface area contributed by atoms with Crippen molar-refractivity contribution >= 4 is 11.5 Å². The molecule has 0 saturated carbocycles. The molecule has 0 bridgehead atoms. The van der Waals surface area contributed by atoms with E-state index in [1.807, 2.05) is 68.4 Å². The molecule has 0 aliphatic heterocycles. The number of phenols is 1. The Kier molecular flexibility index (Phi) is 10.4. The number of ether oxygens (including phenoxy) is 2. The number of rotatable bonds is 11. The predicted octanol–water partition coefficient (Wildman–Crippen LogP) is 8.95. The van der Waals surface area contributed by atoms with Gasteiger partial charge < -0.3 is 14.6 Å². The average molecular weight is 612 g/mol. The summed E-state index contributed by atoms with van der Waals surface area (Å²) in [5, 5.41) is 11.1. The fraction of sp³-hybridized carbons (Fsp3) is 0.179. The summed E-state index contributed by atoms with van der Waals surface area (Å²) in [6.07, 6.45) is 6.94. The van der Waals surface area contributed by atoms with E-state index in [0.29, 0.717) is 35.2 Å². The molecule has 7 heteroatoms. The number of aromatic nitrogens is 3. The molecule has 0 aliphatic rings. The standard InChI is InChI=1S/C39H37N3O4/c1-5-8-12-26(6-2)28-15-19-30(20-16-28)36-40-37(31-21-17-29(18-22-31)27-13-10-9-11-14-27)42-38(41-36)33-24-23-32(25-34(33)43)46-35(7-3)39(44)45-4/h6,8-25,35,43H,5,7H2,1-4H3/b12-8-,26-6+. The van der Waals surface area contributed by atoms with Crippen molar-refractivity contribution in [3.63, 3.8) is 0 Å². The zero-order valence-corrected chi connectivity index (χ0v) is 26.5. The maximum absolute atomic E-state index is 12.0. The second-order valence-electron chi connectivity index (χ2n) is 10.6. The summed E-state index contributed by atoms with van der Waals surface area (Å²) in [5.74, 6) is 1.01. The highest BCUT2D eigenvalue weighted by atomic mass is 16.6. The van der Waals surface area contributed by atoms with Crippen LogP contribution in [0.3, 0.4) is 0 Å². The van der Waals surface area contributed by atoms with E-state index in [1.54, 1.807) is 12.1 Å². The van der Waals surface area contributed by atoms with E-state index < -0.39 is 12.1 Å². The third-order valence-corrected chi connectivity index (χ3v) is 7.53. The van der Waals surface area contributed by atoms with Gasteiger partial charge in [-0.3, -0.25) is 0 Å². The third-order valence-electron chi connectivity index (χ3n) is 7.53. The molecule has 0 amide bonds. The number of phenolic OH excluding ortho intramolecular Hbond substituents is 1. The Hall–Kier alpha value is -5.56. The Morgan fingerprint density at radius 1 is 0.783 bits per heavy atom. The first-order valence-electron chi connectivity index (χ1n) is 15.4. The summed E-state index contributed by atoms with van der Waals surface area (Å²) in [4.78, 5) is 26.5. The van der Waals surface area contributed by atoms with Crippen molar-refractivity contribution in [2.24, 2.45) is 0 Å². The Morgan fingerprint density at radius 2 is 1.37 bits per heavy atom. The van der Waals surface area contributed by atoms with Gasteiger partial charge in [-0.1, -0.05) is 111 Å². The molecule has 0 saturated heterocycles. The molecule has 5 rings (SSSR count). The van der Waals surface area contributed by atoms with E-state index in [1.165, 1.54) is 13.2 Å². The molecule has 1 aromatic heterocycles. The van der Waals surface area contributed by atoms with Crippen LogP contribution >= 0.6 is 0 Å². The Labute approximate surface area is 270 Å². The van der Waals surface area contributed by atoms with Crippen molar-refractivity contribution in [2.45, 2.75) is 39.7 Å². The minimum absolute atomic E-state index is 0.0875. The number of allylic oxidation sites excluding steroid dienone is 4. The number of carbonyl (C=O) groups is 1. The Balaban J connectivity index is 1.56. The first-order valence-corrected chi connectivity index (χ1v) is 15.4. The van der Waals surface area contributed by atoms with E-state index in [9.17, 15) is 9.90 Å². The molecule has 1 atom stereocenters. The lowest BCUT2D eigenvalue weighted by atomic mass is 10.0. The van der Waals surface area contributed by atoms with Crippen LogP contribution in [0.1, 0.15) is 39.2 Å². The van der Waals surface area contributed by atoms with E-state index in [4.69, 9.17) is 24.4 Å². The molecular formula is C39H37N3O4. The second-order valence-corrected chi connectivity index (χ2v) is 10.6. The van der Waals surface area contributed by atoms with Crippen LogP contribution in [0.2, 0.25) is 0 Å². The van der Waals surface area contributed by atoms with Crippen molar-refractivity contribution < 1.29 is 19.4 Å². The number of hydrogen-bond donors (Lipinski definition) is 1. The van der Waals surface area contributed by atoms with Gasteiger partial charge in [0, 0.05) is 17.2 Å². The van der Waals surface area contributed by atoms with Gasteiger partial charge in [0.05, 0.1) is 12.7 Å².